The first-order valence-electron chi connectivity index (χ1n) is 22.1. The third-order valence-corrected chi connectivity index (χ3v) is 14.4. The van der Waals surface area contributed by atoms with Crippen LogP contribution in [0.3, 0.4) is 0 Å². The van der Waals surface area contributed by atoms with Gasteiger partial charge in [-0.3, -0.25) is 9.59 Å². The van der Waals surface area contributed by atoms with Crippen LogP contribution in [0, 0.1) is 28.6 Å². The highest BCUT2D eigenvalue weighted by atomic mass is 19.3. The number of nitriles is 1. The number of fused-ring (bicyclic) bond motifs is 6. The van der Waals surface area contributed by atoms with Gasteiger partial charge in [0.2, 0.25) is 11.8 Å². The van der Waals surface area contributed by atoms with Gasteiger partial charge in [-0.25, -0.2) is 19.6 Å². The molecule has 2 aliphatic heterocycles. The predicted molar refractivity (Wildman–Crippen MR) is 233 cm³/mol. The van der Waals surface area contributed by atoms with Crippen molar-refractivity contribution in [2.75, 3.05) is 20.8 Å². The largest absolute Gasteiger partial charge is 0.453 e. The van der Waals surface area contributed by atoms with Gasteiger partial charge in [-0.05, 0) is 102 Å². The first kappa shape index (κ1) is 42.1. The Morgan fingerprint density at radius 3 is 2.26 bits per heavy atom. The average molecular weight is 886 g/mol. The maximum absolute atomic E-state index is 16.7. The van der Waals surface area contributed by atoms with Gasteiger partial charge < -0.3 is 39.9 Å². The number of halogens is 2. The molecule has 2 saturated carbocycles. The summed E-state index contributed by atoms with van der Waals surface area (Å²) in [6, 6.07) is 15.0. The van der Waals surface area contributed by atoms with Crippen LogP contribution in [-0.2, 0) is 25.0 Å². The lowest BCUT2D eigenvalue weighted by Crippen LogP contribution is -2.51. The molecule has 1 spiro atoms. The maximum atomic E-state index is 16.7. The van der Waals surface area contributed by atoms with E-state index in [9.17, 15) is 24.4 Å². The van der Waals surface area contributed by atoms with Crippen molar-refractivity contribution in [1.82, 2.24) is 40.4 Å². The number of carbonyl (C=O) groups is 4. The van der Waals surface area contributed by atoms with Crippen molar-refractivity contribution in [3.8, 4) is 39.6 Å². The Balaban J connectivity index is 0.895. The molecule has 5 aromatic rings. The molecule has 5 aliphatic rings. The number of likely N-dealkylation sites (tertiary alicyclic amines) is 2. The second kappa shape index (κ2) is 15.7. The third kappa shape index (κ3) is 7.13. The van der Waals surface area contributed by atoms with E-state index in [0.29, 0.717) is 69.2 Å². The number of aromatic amines is 2. The van der Waals surface area contributed by atoms with Crippen LogP contribution in [0.2, 0.25) is 0 Å². The van der Waals surface area contributed by atoms with E-state index >= 15 is 8.78 Å². The molecular weight excluding hydrogens is 837 g/mol. The molecule has 4 N–H and O–H groups in total. The molecule has 15 nitrogen and oxygen atoms in total. The van der Waals surface area contributed by atoms with Gasteiger partial charge in [0.15, 0.2) is 0 Å². The summed E-state index contributed by atoms with van der Waals surface area (Å²) < 4.78 is 42.8. The van der Waals surface area contributed by atoms with E-state index in [2.05, 4.69) is 25.6 Å². The van der Waals surface area contributed by atoms with Gasteiger partial charge in [0.25, 0.3) is 5.92 Å². The van der Waals surface area contributed by atoms with E-state index in [1.807, 2.05) is 44.2 Å². The van der Waals surface area contributed by atoms with Gasteiger partial charge in [0, 0.05) is 29.3 Å². The highest BCUT2D eigenvalue weighted by Gasteiger charge is 2.56. The number of ether oxygens (including phenoxy) is 2. The molecular formula is C48H49F2N9O6. The zero-order chi connectivity index (χ0) is 45.5. The van der Waals surface area contributed by atoms with Crippen molar-refractivity contribution in [2.24, 2.45) is 17.3 Å². The van der Waals surface area contributed by atoms with E-state index in [-0.39, 0.29) is 64.7 Å². The number of hydrogen-bond donors (Lipinski definition) is 4. The SMILES string of the molecule is COC(=O)NC(C(=O)N1CC2(CC2)C[C@H]1c1ncc(-c2ccc3c(c2)C(F)(F)c2cc(-c4ccc5nc([C@@H]6[C@H]7CC[C@H](C7)N6C(=O)[C@H](CC#N)NC(=O)OC)[nH]c5c4)ccc2-3)[nH]1)C(C)C. The number of nitrogens with zero attached hydrogens (tertiary/aromatic N) is 5. The molecule has 336 valence electrons. The fourth-order valence-corrected chi connectivity index (χ4v) is 10.9. The van der Waals surface area contributed by atoms with Crippen LogP contribution < -0.4 is 10.6 Å². The summed E-state index contributed by atoms with van der Waals surface area (Å²) >= 11 is 0. The molecule has 2 bridgehead atoms. The third-order valence-electron chi connectivity index (χ3n) is 14.4. The number of rotatable bonds is 10. The van der Waals surface area contributed by atoms with Crippen LogP contribution >= 0.6 is 0 Å². The fraction of sp³-hybridized carbons (Fsp3) is 0.438. The molecule has 10 rings (SSSR count). The minimum Gasteiger partial charge on any atom is -0.453 e. The lowest BCUT2D eigenvalue weighted by atomic mass is 9.97. The standard InChI is InChI=1S/C48H49F2N9O6/c1-24(2)39(57-46(63)65-4)44(61)58-23-47(14-15-47)21-38(58)41-52-22-37(55-41)27-7-11-31-30-10-6-25(18-32(30)48(49,50)33(31)19-27)26-8-12-34-36(20-26)54-42(53-34)40-28-5-9-29(17-28)59(40)43(60)35(13-16-51)56-45(62)64-3/h6-8,10-12,18-20,22,24,28-29,35,38-40H,5,9,13-15,17,21,23H2,1-4H3,(H,52,55)(H,53,54)(H,56,62)(H,57,63)/t28-,29+,35-,38-,39?,40-/m0/s1. The Morgan fingerprint density at radius 1 is 0.892 bits per heavy atom. The summed E-state index contributed by atoms with van der Waals surface area (Å²) in [5.41, 5.74) is 4.42. The smallest absolute Gasteiger partial charge is 0.407 e. The van der Waals surface area contributed by atoms with Crippen molar-refractivity contribution >= 4 is 35.0 Å². The Bertz CT molecular complexity index is 2810. The number of nitrogens with one attached hydrogen (secondary N) is 4. The van der Waals surface area contributed by atoms with Crippen molar-refractivity contribution in [1.29, 1.82) is 5.26 Å². The van der Waals surface area contributed by atoms with E-state index in [1.165, 1.54) is 20.3 Å². The lowest BCUT2D eigenvalue weighted by molar-refractivity contribution is -0.138. The Morgan fingerprint density at radius 2 is 1.57 bits per heavy atom. The predicted octanol–water partition coefficient (Wildman–Crippen LogP) is 7.86. The van der Waals surface area contributed by atoms with Gasteiger partial charge in [0.1, 0.15) is 23.7 Å². The van der Waals surface area contributed by atoms with E-state index in [0.717, 1.165) is 32.1 Å². The Labute approximate surface area is 373 Å². The second-order valence-corrected chi connectivity index (χ2v) is 18.6. The molecule has 2 aromatic heterocycles. The summed E-state index contributed by atoms with van der Waals surface area (Å²) in [5, 5.41) is 14.6. The Hall–Kier alpha value is -6.83. The summed E-state index contributed by atoms with van der Waals surface area (Å²) in [7, 11) is 2.46. The number of imidazole rings is 2. The van der Waals surface area contributed by atoms with E-state index in [4.69, 9.17) is 14.5 Å². The van der Waals surface area contributed by atoms with Gasteiger partial charge >= 0.3 is 12.2 Å². The van der Waals surface area contributed by atoms with E-state index in [1.54, 1.807) is 40.3 Å². The molecule has 6 atom stereocenters. The molecule has 0 radical (unpaired) electrons. The molecule has 4 fully saturated rings. The van der Waals surface area contributed by atoms with Crippen LogP contribution in [-0.4, -0.2) is 92.6 Å². The number of H-pyrrole nitrogens is 2. The van der Waals surface area contributed by atoms with Crippen LogP contribution in [0.1, 0.15) is 93.7 Å². The first-order chi connectivity index (χ1) is 31.2. The normalized spacial score (nSPS) is 22.7. The average Bonchev–Trinajstić information content (AvgIpc) is 3.96. The lowest BCUT2D eigenvalue weighted by Gasteiger charge is -2.36. The highest BCUT2D eigenvalue weighted by molar-refractivity contribution is 5.89. The monoisotopic (exact) mass is 885 g/mol. The van der Waals surface area contributed by atoms with Crippen LogP contribution in [0.15, 0.2) is 60.8 Å². The number of methoxy groups -OCH3 is 2. The molecule has 3 aliphatic carbocycles. The molecule has 4 amide bonds. The summed E-state index contributed by atoms with van der Waals surface area (Å²) in [5.74, 6) is -2.76. The van der Waals surface area contributed by atoms with Gasteiger partial charge in [0.05, 0.1) is 61.7 Å². The number of amides is 4. The molecule has 17 heteroatoms. The van der Waals surface area contributed by atoms with E-state index < -0.39 is 30.2 Å². The van der Waals surface area contributed by atoms with Crippen LogP contribution in [0.5, 0.6) is 0 Å². The Kier molecular flexibility index (Phi) is 10.2. The summed E-state index contributed by atoms with van der Waals surface area (Å²) in [6.45, 7) is 4.28. The minimum atomic E-state index is -3.31. The van der Waals surface area contributed by atoms with Gasteiger partial charge in [-0.2, -0.15) is 14.0 Å². The second-order valence-electron chi connectivity index (χ2n) is 18.6. The highest BCUT2D eigenvalue weighted by Crippen LogP contribution is 2.59. The summed E-state index contributed by atoms with van der Waals surface area (Å²) in [6.07, 6.45) is 5.15. The number of piperidine rings is 1. The summed E-state index contributed by atoms with van der Waals surface area (Å²) in [4.78, 5) is 71.9. The van der Waals surface area contributed by atoms with Crippen molar-refractivity contribution < 1.29 is 37.4 Å². The minimum absolute atomic E-state index is 0.00269. The topological polar surface area (TPSA) is 198 Å². The fourth-order valence-electron chi connectivity index (χ4n) is 10.9. The van der Waals surface area contributed by atoms with Crippen molar-refractivity contribution in [3.63, 3.8) is 0 Å². The number of benzene rings is 3. The molecule has 2 saturated heterocycles. The first-order valence-corrected chi connectivity index (χ1v) is 22.1. The van der Waals surface area contributed by atoms with Crippen LogP contribution in [0.4, 0.5) is 18.4 Å². The molecule has 1 unspecified atom stereocenters. The number of alkyl halides is 2. The number of carbonyl (C=O) groups excluding carboxylic acids is 4. The van der Waals surface area contributed by atoms with Crippen LogP contribution in [0.25, 0.3) is 44.5 Å². The number of aromatic nitrogens is 4. The quantitative estimate of drug-likeness (QED) is 0.108. The van der Waals surface area contributed by atoms with Gasteiger partial charge in [-0.1, -0.05) is 44.2 Å². The molecule has 3 aromatic carbocycles. The zero-order valence-corrected chi connectivity index (χ0v) is 36.4. The zero-order valence-electron chi connectivity index (χ0n) is 36.4. The maximum Gasteiger partial charge on any atom is 0.407 e. The molecule has 65 heavy (non-hydrogen) atoms. The number of hydrogen-bond acceptors (Lipinski definition) is 9. The number of alkyl carbamates (subject to hydrolysis) is 2. The molecule has 4 heterocycles. The van der Waals surface area contributed by atoms with Crippen molar-refractivity contribution in [3.05, 3.63) is 83.6 Å². The van der Waals surface area contributed by atoms with Gasteiger partial charge in [-0.15, -0.1) is 0 Å². The van der Waals surface area contributed by atoms with Crippen molar-refractivity contribution in [2.45, 2.75) is 94.9 Å².